The quantitative estimate of drug-likeness (QED) is 0.510. The van der Waals surface area contributed by atoms with Gasteiger partial charge in [0.05, 0.1) is 6.61 Å². The van der Waals surface area contributed by atoms with Crippen molar-refractivity contribution in [2.75, 3.05) is 6.61 Å². The molecular weight excluding hydrogens is 348 g/mol. The van der Waals surface area contributed by atoms with Gasteiger partial charge in [-0.15, -0.1) is 0 Å². The Labute approximate surface area is 159 Å². The van der Waals surface area contributed by atoms with Crippen LogP contribution in [0.5, 0.6) is 5.75 Å². The summed E-state index contributed by atoms with van der Waals surface area (Å²) < 4.78 is 17.1. The van der Waals surface area contributed by atoms with Crippen LogP contribution in [0.15, 0.2) is 30.3 Å². The average molecular weight is 374 g/mol. The van der Waals surface area contributed by atoms with Gasteiger partial charge < -0.3 is 14.2 Å². The van der Waals surface area contributed by atoms with Crippen LogP contribution < -0.4 is 4.74 Å². The summed E-state index contributed by atoms with van der Waals surface area (Å²) in [6.07, 6.45) is -0.262. The molecule has 0 fully saturated rings. The maximum atomic E-state index is 12.6. The summed E-state index contributed by atoms with van der Waals surface area (Å²) in [5.74, 6) is -0.375. The highest BCUT2D eigenvalue weighted by molar-refractivity contribution is 5.96. The number of aromatic nitrogens is 2. The zero-order valence-corrected chi connectivity index (χ0v) is 16.2. The Balaban J connectivity index is 2.18. The lowest BCUT2D eigenvalue weighted by Crippen LogP contribution is -2.20. The Morgan fingerprint density at radius 3 is 2.52 bits per heavy atom. The molecule has 0 amide bonds. The number of hydrogen-bond acceptors (Lipinski definition) is 6. The number of carbonyl (C=O) groups excluding carboxylic acids is 2. The van der Waals surface area contributed by atoms with E-state index in [0.717, 1.165) is 12.0 Å². The number of rotatable bonds is 8. The summed E-state index contributed by atoms with van der Waals surface area (Å²) in [4.78, 5) is 24.3. The minimum Gasteiger partial charge on any atom is -0.484 e. The highest BCUT2D eigenvalue weighted by Crippen LogP contribution is 2.26. The van der Waals surface area contributed by atoms with Gasteiger partial charge in [-0.1, -0.05) is 51.1 Å². The third kappa shape index (κ3) is 5.84. The molecule has 0 aliphatic heterocycles. The predicted molar refractivity (Wildman–Crippen MR) is 99.6 cm³/mol. The number of hydrogen-bond donors (Lipinski definition) is 0. The molecule has 7 heteroatoms. The van der Waals surface area contributed by atoms with Gasteiger partial charge >= 0.3 is 12.1 Å². The number of aryl methyl sites for hydroxylation is 2. The lowest BCUT2D eigenvalue weighted by atomic mass is 10.2. The third-order valence-corrected chi connectivity index (χ3v) is 3.64. The number of benzene rings is 1. The van der Waals surface area contributed by atoms with Crippen LogP contribution in [0.25, 0.3) is 0 Å². The molecule has 0 atom stereocenters. The van der Waals surface area contributed by atoms with Gasteiger partial charge in [0, 0.05) is 6.54 Å². The van der Waals surface area contributed by atoms with Crippen molar-refractivity contribution >= 4 is 12.1 Å². The standard InChI is InChI=1S/C20H26N2O5/c1-5-11-22-17(19(23)27-20(24)26-12-14(2)3)18(15(4)21-22)25-13-16-9-7-6-8-10-16/h6-10,14H,5,11-13H2,1-4H3. The van der Waals surface area contributed by atoms with E-state index >= 15 is 0 Å². The molecule has 1 aromatic heterocycles. The molecule has 27 heavy (non-hydrogen) atoms. The van der Waals surface area contributed by atoms with Gasteiger partial charge in [-0.05, 0) is 24.8 Å². The molecular formula is C20H26N2O5. The van der Waals surface area contributed by atoms with Gasteiger partial charge in [-0.25, -0.2) is 9.59 Å². The van der Waals surface area contributed by atoms with E-state index in [1.165, 1.54) is 4.68 Å². The molecule has 2 aromatic rings. The van der Waals surface area contributed by atoms with Crippen LogP contribution in [0.4, 0.5) is 4.79 Å². The van der Waals surface area contributed by atoms with Gasteiger partial charge in [-0.2, -0.15) is 5.10 Å². The molecule has 0 aliphatic rings. The van der Waals surface area contributed by atoms with Gasteiger partial charge in [-0.3, -0.25) is 4.68 Å². The topological polar surface area (TPSA) is 79.7 Å². The fraction of sp³-hybridized carbons (Fsp3) is 0.450. The molecule has 0 spiro atoms. The van der Waals surface area contributed by atoms with E-state index < -0.39 is 12.1 Å². The van der Waals surface area contributed by atoms with Crippen LogP contribution in [-0.2, 0) is 22.6 Å². The van der Waals surface area contributed by atoms with Gasteiger partial charge in [0.15, 0.2) is 11.4 Å². The van der Waals surface area contributed by atoms with Crippen molar-refractivity contribution in [3.05, 3.63) is 47.3 Å². The zero-order valence-electron chi connectivity index (χ0n) is 16.2. The van der Waals surface area contributed by atoms with E-state index in [2.05, 4.69) is 5.10 Å². The van der Waals surface area contributed by atoms with Crippen LogP contribution in [0.1, 0.15) is 48.9 Å². The Morgan fingerprint density at radius 2 is 1.89 bits per heavy atom. The lowest BCUT2D eigenvalue weighted by Gasteiger charge is -2.10. The smallest absolute Gasteiger partial charge is 0.484 e. The molecule has 2 rings (SSSR count). The second kappa shape index (κ2) is 9.75. The fourth-order valence-electron chi connectivity index (χ4n) is 2.43. The van der Waals surface area contributed by atoms with Crippen molar-refractivity contribution in [1.82, 2.24) is 9.78 Å². The van der Waals surface area contributed by atoms with Crippen LogP contribution in [0.3, 0.4) is 0 Å². The first-order valence-corrected chi connectivity index (χ1v) is 9.05. The SMILES string of the molecule is CCCn1nc(C)c(OCc2ccccc2)c1C(=O)OC(=O)OCC(C)C. The van der Waals surface area contributed by atoms with Crippen molar-refractivity contribution in [3.63, 3.8) is 0 Å². The second-order valence-electron chi connectivity index (χ2n) is 6.60. The van der Waals surface area contributed by atoms with Gasteiger partial charge in [0.1, 0.15) is 12.3 Å². The van der Waals surface area contributed by atoms with E-state index in [0.29, 0.717) is 18.0 Å². The first-order chi connectivity index (χ1) is 12.9. The van der Waals surface area contributed by atoms with E-state index in [1.807, 2.05) is 51.1 Å². The number of esters is 1. The molecule has 1 aromatic carbocycles. The molecule has 0 saturated heterocycles. The maximum absolute atomic E-state index is 12.6. The van der Waals surface area contributed by atoms with Gasteiger partial charge in [0.2, 0.25) is 0 Å². The van der Waals surface area contributed by atoms with Crippen molar-refractivity contribution in [2.45, 2.75) is 47.3 Å². The number of nitrogens with zero attached hydrogens (tertiary/aromatic N) is 2. The van der Waals surface area contributed by atoms with Crippen LogP contribution in [0, 0.1) is 12.8 Å². The Kier molecular flexibility index (Phi) is 7.40. The van der Waals surface area contributed by atoms with E-state index in [-0.39, 0.29) is 24.8 Å². The molecule has 0 unspecified atom stereocenters. The minimum atomic E-state index is -1.02. The molecule has 0 saturated carbocycles. The summed E-state index contributed by atoms with van der Waals surface area (Å²) >= 11 is 0. The fourth-order valence-corrected chi connectivity index (χ4v) is 2.43. The summed E-state index contributed by atoms with van der Waals surface area (Å²) in [6.45, 7) is 8.46. The molecule has 1 heterocycles. The Bertz CT molecular complexity index is 768. The molecule has 0 bridgehead atoms. The third-order valence-electron chi connectivity index (χ3n) is 3.64. The molecule has 7 nitrogen and oxygen atoms in total. The summed E-state index contributed by atoms with van der Waals surface area (Å²) in [7, 11) is 0. The highest BCUT2D eigenvalue weighted by Gasteiger charge is 2.27. The molecule has 0 N–H and O–H groups in total. The van der Waals surface area contributed by atoms with Crippen molar-refractivity contribution in [2.24, 2.45) is 5.92 Å². The minimum absolute atomic E-state index is 0.117. The highest BCUT2D eigenvalue weighted by atomic mass is 16.7. The number of carbonyl (C=O) groups is 2. The second-order valence-corrected chi connectivity index (χ2v) is 6.60. The predicted octanol–water partition coefficient (Wildman–Crippen LogP) is 4.13. The van der Waals surface area contributed by atoms with Crippen LogP contribution in [0.2, 0.25) is 0 Å². The Morgan fingerprint density at radius 1 is 1.19 bits per heavy atom. The monoisotopic (exact) mass is 374 g/mol. The Hall–Kier alpha value is -2.83. The first-order valence-electron chi connectivity index (χ1n) is 9.05. The summed E-state index contributed by atoms with van der Waals surface area (Å²) in [6, 6.07) is 9.58. The van der Waals surface area contributed by atoms with Crippen LogP contribution >= 0.6 is 0 Å². The van der Waals surface area contributed by atoms with E-state index in [1.54, 1.807) is 6.92 Å². The molecule has 146 valence electrons. The largest absolute Gasteiger partial charge is 0.516 e. The molecule has 0 radical (unpaired) electrons. The summed E-state index contributed by atoms with van der Waals surface area (Å²) in [5, 5.41) is 4.35. The lowest BCUT2D eigenvalue weighted by molar-refractivity contribution is 0.0337. The van der Waals surface area contributed by atoms with E-state index in [4.69, 9.17) is 14.2 Å². The average Bonchev–Trinajstić information content (AvgIpc) is 2.94. The first kappa shape index (κ1) is 20.5. The normalized spacial score (nSPS) is 10.7. The van der Waals surface area contributed by atoms with Gasteiger partial charge in [0.25, 0.3) is 0 Å². The zero-order chi connectivity index (χ0) is 19.8. The maximum Gasteiger partial charge on any atom is 0.516 e. The van der Waals surface area contributed by atoms with Crippen molar-refractivity contribution in [1.29, 1.82) is 0 Å². The van der Waals surface area contributed by atoms with E-state index in [9.17, 15) is 9.59 Å². The van der Waals surface area contributed by atoms with Crippen molar-refractivity contribution < 1.29 is 23.8 Å². The molecule has 0 aliphatic carbocycles. The van der Waals surface area contributed by atoms with Crippen molar-refractivity contribution in [3.8, 4) is 5.75 Å². The van der Waals surface area contributed by atoms with Crippen LogP contribution in [-0.4, -0.2) is 28.5 Å². The summed E-state index contributed by atoms with van der Waals surface area (Å²) in [5.41, 5.74) is 1.63. The number of ether oxygens (including phenoxy) is 3.